The Kier molecular flexibility index (Phi) is 3.66. The molecule has 0 unspecified atom stereocenters. The fraction of sp³-hybridized carbons (Fsp3) is 0.667. The van der Waals surface area contributed by atoms with Gasteiger partial charge in [0.25, 0.3) is 0 Å². The Bertz CT molecular complexity index is 311. The van der Waals surface area contributed by atoms with Gasteiger partial charge in [-0.25, -0.2) is 9.97 Å². The molecule has 1 aromatic rings. The van der Waals surface area contributed by atoms with Gasteiger partial charge in [0, 0.05) is 17.9 Å². The minimum atomic E-state index is 0.293. The van der Waals surface area contributed by atoms with Gasteiger partial charge in [0.15, 0.2) is 0 Å². The van der Waals surface area contributed by atoms with E-state index in [1.165, 1.54) is 0 Å². The largest absolute Gasteiger partial charge is 0.354 e. The first-order valence-electron chi connectivity index (χ1n) is 5.49. The number of hydrogen-bond acceptors (Lipinski definition) is 3. The topological polar surface area (TPSA) is 37.8 Å². The van der Waals surface area contributed by atoms with E-state index in [4.69, 9.17) is 0 Å². The fourth-order valence-corrected chi connectivity index (χ4v) is 1.25. The average Bonchev–Trinajstić information content (AvgIpc) is 2.14. The van der Waals surface area contributed by atoms with Crippen LogP contribution >= 0.6 is 0 Å². The number of nitrogens with one attached hydrogen (secondary N) is 1. The van der Waals surface area contributed by atoms with E-state index in [1.54, 1.807) is 0 Å². The summed E-state index contributed by atoms with van der Waals surface area (Å²) in [7, 11) is 0. The normalized spacial score (nSPS) is 11.5. The van der Waals surface area contributed by atoms with Gasteiger partial charge in [0.1, 0.15) is 0 Å². The Morgan fingerprint density at radius 1 is 1.20 bits per heavy atom. The number of hydrogen-bond donors (Lipinski definition) is 1. The molecule has 15 heavy (non-hydrogen) atoms. The molecule has 0 fully saturated rings. The average molecular weight is 207 g/mol. The summed E-state index contributed by atoms with van der Waals surface area (Å²) in [5.74, 6) is 0.744. The molecular weight excluding hydrogens is 186 g/mol. The van der Waals surface area contributed by atoms with Crippen LogP contribution in [0.25, 0.3) is 0 Å². The zero-order valence-electron chi connectivity index (χ0n) is 10.4. The third-order valence-corrected chi connectivity index (χ3v) is 2.66. The van der Waals surface area contributed by atoms with E-state index in [9.17, 15) is 0 Å². The van der Waals surface area contributed by atoms with Crippen LogP contribution in [0, 0.1) is 19.3 Å². The van der Waals surface area contributed by atoms with Gasteiger partial charge in [-0.05, 0) is 31.7 Å². The van der Waals surface area contributed by atoms with Crippen LogP contribution < -0.4 is 5.32 Å². The predicted octanol–water partition coefficient (Wildman–Crippen LogP) is 2.94. The van der Waals surface area contributed by atoms with Gasteiger partial charge in [-0.3, -0.25) is 0 Å². The molecule has 3 nitrogen and oxygen atoms in total. The van der Waals surface area contributed by atoms with E-state index < -0.39 is 0 Å². The molecule has 0 aromatic carbocycles. The second kappa shape index (κ2) is 4.60. The number of rotatable bonds is 4. The standard InChI is InChI=1S/C12H21N3/c1-6-12(4,5)8-13-11-14-9(2)7-10(3)15-11/h7H,6,8H2,1-5H3,(H,13,14,15). The number of nitrogens with zero attached hydrogens (tertiary/aromatic N) is 2. The van der Waals surface area contributed by atoms with Crippen LogP contribution in [0.2, 0.25) is 0 Å². The van der Waals surface area contributed by atoms with Gasteiger partial charge in [0.05, 0.1) is 0 Å². The molecule has 0 amide bonds. The molecule has 1 N–H and O–H groups in total. The molecule has 0 saturated heterocycles. The van der Waals surface area contributed by atoms with Crippen molar-refractivity contribution < 1.29 is 0 Å². The molecule has 1 aromatic heterocycles. The quantitative estimate of drug-likeness (QED) is 0.825. The van der Waals surface area contributed by atoms with Crippen LogP contribution in [0.1, 0.15) is 38.6 Å². The summed E-state index contributed by atoms with van der Waals surface area (Å²) in [5.41, 5.74) is 2.32. The smallest absolute Gasteiger partial charge is 0.223 e. The maximum atomic E-state index is 4.35. The molecule has 0 aliphatic rings. The van der Waals surface area contributed by atoms with Crippen LogP contribution in [-0.4, -0.2) is 16.5 Å². The molecule has 1 rings (SSSR count). The maximum absolute atomic E-state index is 4.35. The minimum absolute atomic E-state index is 0.293. The molecule has 0 radical (unpaired) electrons. The third-order valence-electron chi connectivity index (χ3n) is 2.66. The van der Waals surface area contributed by atoms with Crippen LogP contribution in [-0.2, 0) is 0 Å². The Labute approximate surface area is 92.3 Å². The molecule has 0 bridgehead atoms. The molecule has 1 heterocycles. The zero-order chi connectivity index (χ0) is 11.5. The van der Waals surface area contributed by atoms with E-state index in [0.717, 1.165) is 30.3 Å². The third kappa shape index (κ3) is 3.86. The zero-order valence-corrected chi connectivity index (χ0v) is 10.4. The Balaban J connectivity index is 2.65. The highest BCUT2D eigenvalue weighted by Crippen LogP contribution is 2.19. The summed E-state index contributed by atoms with van der Waals surface area (Å²) in [4.78, 5) is 8.70. The summed E-state index contributed by atoms with van der Waals surface area (Å²) in [5, 5.41) is 3.30. The van der Waals surface area contributed by atoms with Crippen molar-refractivity contribution in [3.8, 4) is 0 Å². The monoisotopic (exact) mass is 207 g/mol. The van der Waals surface area contributed by atoms with Crippen molar-refractivity contribution in [3.05, 3.63) is 17.5 Å². The second-order valence-electron chi connectivity index (χ2n) is 4.85. The number of anilines is 1. The van der Waals surface area contributed by atoms with Crippen molar-refractivity contribution in [3.63, 3.8) is 0 Å². The summed E-state index contributed by atoms with van der Waals surface area (Å²) in [6, 6.07) is 1.98. The molecular formula is C12H21N3. The van der Waals surface area contributed by atoms with Crippen molar-refractivity contribution in [2.75, 3.05) is 11.9 Å². The van der Waals surface area contributed by atoms with Crippen LogP contribution in [0.4, 0.5) is 5.95 Å². The fourth-order valence-electron chi connectivity index (χ4n) is 1.25. The van der Waals surface area contributed by atoms with Gasteiger partial charge in [-0.15, -0.1) is 0 Å². The lowest BCUT2D eigenvalue weighted by Crippen LogP contribution is -2.23. The molecule has 0 atom stereocenters. The van der Waals surface area contributed by atoms with Crippen LogP contribution in [0.5, 0.6) is 0 Å². The van der Waals surface area contributed by atoms with Gasteiger partial charge in [-0.2, -0.15) is 0 Å². The number of aryl methyl sites for hydroxylation is 2. The molecule has 84 valence electrons. The highest BCUT2D eigenvalue weighted by Gasteiger charge is 2.14. The minimum Gasteiger partial charge on any atom is -0.354 e. The first kappa shape index (κ1) is 12.0. The lowest BCUT2D eigenvalue weighted by atomic mass is 9.90. The first-order valence-corrected chi connectivity index (χ1v) is 5.49. The summed E-state index contributed by atoms with van der Waals surface area (Å²) in [6.45, 7) is 11.6. The SMILES string of the molecule is CCC(C)(C)CNc1nc(C)cc(C)n1. The van der Waals surface area contributed by atoms with Crippen LogP contribution in [0.3, 0.4) is 0 Å². The van der Waals surface area contributed by atoms with Crippen molar-refractivity contribution in [1.82, 2.24) is 9.97 Å². The van der Waals surface area contributed by atoms with E-state index >= 15 is 0 Å². The van der Waals surface area contributed by atoms with E-state index in [1.807, 2.05) is 19.9 Å². The molecule has 0 saturated carbocycles. The lowest BCUT2D eigenvalue weighted by Gasteiger charge is -2.22. The van der Waals surface area contributed by atoms with Crippen molar-refractivity contribution >= 4 is 5.95 Å². The summed E-state index contributed by atoms with van der Waals surface area (Å²) in [6.07, 6.45) is 1.14. The van der Waals surface area contributed by atoms with Gasteiger partial charge < -0.3 is 5.32 Å². The molecule has 3 heteroatoms. The summed E-state index contributed by atoms with van der Waals surface area (Å²) < 4.78 is 0. The van der Waals surface area contributed by atoms with Crippen LogP contribution in [0.15, 0.2) is 6.07 Å². The predicted molar refractivity (Wildman–Crippen MR) is 64.1 cm³/mol. The van der Waals surface area contributed by atoms with Crippen molar-refractivity contribution in [1.29, 1.82) is 0 Å². The van der Waals surface area contributed by atoms with E-state index in [0.29, 0.717) is 5.41 Å². The maximum Gasteiger partial charge on any atom is 0.223 e. The lowest BCUT2D eigenvalue weighted by molar-refractivity contribution is 0.376. The Hall–Kier alpha value is -1.12. The highest BCUT2D eigenvalue weighted by molar-refractivity contribution is 5.27. The number of aromatic nitrogens is 2. The van der Waals surface area contributed by atoms with Gasteiger partial charge in [0.2, 0.25) is 5.95 Å². The summed E-state index contributed by atoms with van der Waals surface area (Å²) >= 11 is 0. The van der Waals surface area contributed by atoms with Gasteiger partial charge >= 0.3 is 0 Å². The molecule has 0 aliphatic carbocycles. The van der Waals surface area contributed by atoms with E-state index in [-0.39, 0.29) is 0 Å². The van der Waals surface area contributed by atoms with E-state index in [2.05, 4.69) is 36.1 Å². The second-order valence-corrected chi connectivity index (χ2v) is 4.85. The highest BCUT2D eigenvalue weighted by atomic mass is 15.1. The molecule has 0 aliphatic heterocycles. The van der Waals surface area contributed by atoms with Crippen molar-refractivity contribution in [2.24, 2.45) is 5.41 Å². The van der Waals surface area contributed by atoms with Crippen molar-refractivity contribution in [2.45, 2.75) is 41.0 Å². The Morgan fingerprint density at radius 3 is 2.20 bits per heavy atom. The first-order chi connectivity index (χ1) is 6.93. The van der Waals surface area contributed by atoms with Gasteiger partial charge in [-0.1, -0.05) is 20.8 Å². The Morgan fingerprint density at radius 2 is 1.73 bits per heavy atom. The molecule has 0 spiro atoms.